The number of aliphatic hydroxyl groups is 5. The van der Waals surface area contributed by atoms with Gasteiger partial charge < -0.3 is 30.3 Å². The van der Waals surface area contributed by atoms with Gasteiger partial charge in [0.15, 0.2) is 0 Å². The standard InChI is InChI=1S/C19H28O7/c1-6-5-8(20)15(24)18(3)9(6)12(22)16-19(4)10(17(25)26-16)7(2)11(21)13(23)14(18)19/h7-16,20-24H,1,5H2,2-4H3/t7-,8+,9+,10+,11-,12-,13+,14+,15-,16-,18+,19+/m1/s1. The first-order valence-electron chi connectivity index (χ1n) is 9.27. The number of carbonyl (C=O) groups excluding carboxylic acids is 1. The monoisotopic (exact) mass is 368 g/mol. The van der Waals surface area contributed by atoms with Crippen LogP contribution in [0.25, 0.3) is 0 Å². The van der Waals surface area contributed by atoms with E-state index in [-0.39, 0.29) is 6.42 Å². The van der Waals surface area contributed by atoms with Crippen molar-refractivity contribution in [3.63, 3.8) is 0 Å². The molecular formula is C19H28O7. The number of ether oxygens (including phenoxy) is 1. The van der Waals surface area contributed by atoms with E-state index in [1.165, 1.54) is 0 Å². The predicted molar refractivity (Wildman–Crippen MR) is 89.5 cm³/mol. The lowest BCUT2D eigenvalue weighted by atomic mass is 9.38. The number of carbonyl (C=O) groups is 1. The molecule has 3 saturated carbocycles. The highest BCUT2D eigenvalue weighted by molar-refractivity contribution is 5.77. The van der Waals surface area contributed by atoms with Gasteiger partial charge >= 0.3 is 5.97 Å². The van der Waals surface area contributed by atoms with E-state index in [1.807, 2.05) is 0 Å². The van der Waals surface area contributed by atoms with E-state index in [9.17, 15) is 30.3 Å². The molecule has 5 N–H and O–H groups in total. The molecule has 0 amide bonds. The molecule has 0 spiro atoms. The Hall–Kier alpha value is -0.990. The van der Waals surface area contributed by atoms with Crippen LogP contribution < -0.4 is 0 Å². The van der Waals surface area contributed by atoms with Crippen molar-refractivity contribution in [1.82, 2.24) is 0 Å². The molecule has 1 heterocycles. The van der Waals surface area contributed by atoms with Crippen LogP contribution in [0.4, 0.5) is 0 Å². The van der Waals surface area contributed by atoms with E-state index < -0.39 is 77.1 Å². The van der Waals surface area contributed by atoms with Crippen molar-refractivity contribution in [3.05, 3.63) is 12.2 Å². The molecule has 0 aromatic rings. The minimum atomic E-state index is -1.23. The average molecular weight is 368 g/mol. The molecule has 146 valence electrons. The van der Waals surface area contributed by atoms with Crippen molar-refractivity contribution < 1.29 is 35.1 Å². The van der Waals surface area contributed by atoms with Gasteiger partial charge in [0.25, 0.3) is 0 Å². The van der Waals surface area contributed by atoms with Crippen LogP contribution >= 0.6 is 0 Å². The summed E-state index contributed by atoms with van der Waals surface area (Å²) in [7, 11) is 0. The number of fused-ring (bicyclic) bond motifs is 2. The highest BCUT2D eigenvalue weighted by Crippen LogP contribution is 2.69. The Labute approximate surface area is 152 Å². The highest BCUT2D eigenvalue weighted by atomic mass is 16.6. The highest BCUT2D eigenvalue weighted by Gasteiger charge is 2.77. The first kappa shape index (κ1) is 18.4. The fourth-order valence-electron chi connectivity index (χ4n) is 7.16. The van der Waals surface area contributed by atoms with Gasteiger partial charge in [-0.25, -0.2) is 0 Å². The van der Waals surface area contributed by atoms with Crippen LogP contribution in [0, 0.1) is 34.5 Å². The predicted octanol–water partition coefficient (Wildman–Crippen LogP) is -0.799. The van der Waals surface area contributed by atoms with Gasteiger partial charge in [0.2, 0.25) is 0 Å². The Balaban J connectivity index is 1.97. The lowest BCUT2D eigenvalue weighted by Crippen LogP contribution is -2.75. The molecule has 1 aliphatic heterocycles. The molecule has 12 atom stereocenters. The Bertz CT molecular complexity index is 664. The summed E-state index contributed by atoms with van der Waals surface area (Å²) in [6.07, 6.45) is -6.54. The summed E-state index contributed by atoms with van der Waals surface area (Å²) in [6, 6.07) is 0. The zero-order chi connectivity index (χ0) is 19.3. The SMILES string of the molecule is C=C1C[C@H](O)[C@@H](O)[C@]2(C)[C@@H]3[C@@H](O)[C@H](O)[C@H](C)[C@H]4C(=O)O[C@H]([C@H](O)[C@H]12)[C@]34C. The zero-order valence-corrected chi connectivity index (χ0v) is 15.2. The molecule has 26 heavy (non-hydrogen) atoms. The van der Waals surface area contributed by atoms with Gasteiger partial charge in [-0.3, -0.25) is 4.79 Å². The molecule has 0 aromatic carbocycles. The first-order valence-corrected chi connectivity index (χ1v) is 9.27. The molecule has 0 radical (unpaired) electrons. The number of aliphatic hydroxyl groups excluding tert-OH is 5. The van der Waals surface area contributed by atoms with Crippen LogP contribution in [0.5, 0.6) is 0 Å². The van der Waals surface area contributed by atoms with Gasteiger partial charge in [-0.2, -0.15) is 0 Å². The molecule has 4 fully saturated rings. The second-order valence-electron chi connectivity index (χ2n) is 9.23. The third-order valence-electron chi connectivity index (χ3n) is 8.11. The van der Waals surface area contributed by atoms with Crippen LogP contribution in [0.2, 0.25) is 0 Å². The third-order valence-corrected chi connectivity index (χ3v) is 8.11. The maximum absolute atomic E-state index is 12.6. The molecule has 4 aliphatic rings. The second kappa shape index (κ2) is 5.29. The van der Waals surface area contributed by atoms with Crippen molar-refractivity contribution in [3.8, 4) is 0 Å². The van der Waals surface area contributed by atoms with E-state index in [1.54, 1.807) is 20.8 Å². The quantitative estimate of drug-likeness (QED) is 0.280. The molecule has 0 aromatic heterocycles. The topological polar surface area (TPSA) is 127 Å². The van der Waals surface area contributed by atoms with E-state index in [0.29, 0.717) is 5.57 Å². The second-order valence-corrected chi connectivity index (χ2v) is 9.23. The van der Waals surface area contributed by atoms with Gasteiger partial charge in [0.05, 0.1) is 36.4 Å². The lowest BCUT2D eigenvalue weighted by molar-refractivity contribution is -0.283. The number of hydrogen-bond acceptors (Lipinski definition) is 7. The summed E-state index contributed by atoms with van der Waals surface area (Å²) < 4.78 is 5.57. The Morgan fingerprint density at radius 1 is 1.00 bits per heavy atom. The van der Waals surface area contributed by atoms with E-state index in [2.05, 4.69) is 6.58 Å². The Kier molecular flexibility index (Phi) is 3.74. The summed E-state index contributed by atoms with van der Waals surface area (Å²) in [5.74, 6) is -3.17. The molecule has 7 nitrogen and oxygen atoms in total. The molecule has 7 heteroatoms. The normalized spacial score (nSPS) is 61.7. The van der Waals surface area contributed by atoms with Gasteiger partial charge in [-0.1, -0.05) is 32.9 Å². The molecule has 0 unspecified atom stereocenters. The number of hydrogen-bond donors (Lipinski definition) is 5. The van der Waals surface area contributed by atoms with E-state index in [4.69, 9.17) is 4.74 Å². The van der Waals surface area contributed by atoms with Crippen molar-refractivity contribution >= 4 is 5.97 Å². The summed E-state index contributed by atoms with van der Waals surface area (Å²) in [6.45, 7) is 9.16. The van der Waals surface area contributed by atoms with Crippen LogP contribution in [0.1, 0.15) is 27.2 Å². The third kappa shape index (κ3) is 1.79. The van der Waals surface area contributed by atoms with Gasteiger partial charge in [-0.15, -0.1) is 0 Å². The summed E-state index contributed by atoms with van der Waals surface area (Å²) in [5.41, 5.74) is -1.58. The maximum Gasteiger partial charge on any atom is 0.310 e. The molecule has 0 bridgehead atoms. The maximum atomic E-state index is 12.6. The first-order chi connectivity index (χ1) is 12.0. The fourth-order valence-corrected chi connectivity index (χ4v) is 7.16. The van der Waals surface area contributed by atoms with Crippen LogP contribution in [-0.4, -0.2) is 68.1 Å². The average Bonchev–Trinajstić information content (AvgIpc) is 2.81. The number of rotatable bonds is 0. The van der Waals surface area contributed by atoms with Gasteiger partial charge in [0, 0.05) is 22.7 Å². The van der Waals surface area contributed by atoms with Gasteiger partial charge in [0.1, 0.15) is 6.10 Å². The molecule has 4 rings (SSSR count). The van der Waals surface area contributed by atoms with Crippen molar-refractivity contribution in [2.45, 2.75) is 63.8 Å². The Morgan fingerprint density at radius 2 is 1.62 bits per heavy atom. The van der Waals surface area contributed by atoms with Gasteiger partial charge in [-0.05, 0) is 12.3 Å². The van der Waals surface area contributed by atoms with Crippen molar-refractivity contribution in [2.75, 3.05) is 0 Å². The fraction of sp³-hybridized carbons (Fsp3) is 0.842. The summed E-state index contributed by atoms with van der Waals surface area (Å²) >= 11 is 0. The largest absolute Gasteiger partial charge is 0.459 e. The van der Waals surface area contributed by atoms with Crippen LogP contribution in [-0.2, 0) is 9.53 Å². The van der Waals surface area contributed by atoms with Crippen molar-refractivity contribution in [2.24, 2.45) is 34.5 Å². The summed E-state index contributed by atoms with van der Waals surface area (Å²) in [5, 5.41) is 54.1. The minimum absolute atomic E-state index is 0.126. The number of esters is 1. The molecule has 1 saturated heterocycles. The molecule has 3 aliphatic carbocycles. The van der Waals surface area contributed by atoms with E-state index in [0.717, 1.165) is 0 Å². The summed E-state index contributed by atoms with van der Waals surface area (Å²) in [4.78, 5) is 12.6. The lowest BCUT2D eigenvalue weighted by Gasteiger charge is -2.66. The Morgan fingerprint density at radius 3 is 2.23 bits per heavy atom. The van der Waals surface area contributed by atoms with Crippen LogP contribution in [0.3, 0.4) is 0 Å². The zero-order valence-electron chi connectivity index (χ0n) is 15.2. The molecular weight excluding hydrogens is 340 g/mol. The van der Waals surface area contributed by atoms with Crippen molar-refractivity contribution in [1.29, 1.82) is 0 Å². The van der Waals surface area contributed by atoms with Crippen LogP contribution in [0.15, 0.2) is 12.2 Å². The van der Waals surface area contributed by atoms with E-state index >= 15 is 0 Å². The minimum Gasteiger partial charge on any atom is -0.459 e. The smallest absolute Gasteiger partial charge is 0.310 e.